The van der Waals surface area contributed by atoms with E-state index in [-0.39, 0.29) is 0 Å². The molecule has 0 bridgehead atoms. The maximum Gasteiger partial charge on any atom is 0.335 e. The average molecular weight is 272 g/mol. The Morgan fingerprint density at radius 3 is 3.00 bits per heavy atom. The monoisotopic (exact) mass is 272 g/mol. The minimum atomic E-state index is -0.876. The lowest BCUT2D eigenvalue weighted by atomic mass is 9.99. The van der Waals surface area contributed by atoms with Gasteiger partial charge in [-0.25, -0.2) is 4.79 Å². The van der Waals surface area contributed by atoms with Gasteiger partial charge in [0, 0.05) is 25.5 Å². The van der Waals surface area contributed by atoms with Crippen molar-refractivity contribution in [2.45, 2.75) is 19.4 Å². The molecule has 6 heteroatoms. The number of carbonyl (C=O) groups is 1. The number of aromatic carboxylic acids is 1. The number of aromatic nitrogens is 3. The Kier molecular flexibility index (Phi) is 3.14. The lowest BCUT2D eigenvalue weighted by molar-refractivity contribution is 0.0697. The molecule has 104 valence electrons. The fourth-order valence-electron chi connectivity index (χ4n) is 2.64. The van der Waals surface area contributed by atoms with Crippen LogP contribution in [0.2, 0.25) is 0 Å². The van der Waals surface area contributed by atoms with E-state index in [1.807, 2.05) is 19.3 Å². The summed E-state index contributed by atoms with van der Waals surface area (Å²) in [5.41, 5.74) is 3.47. The highest BCUT2D eigenvalue weighted by atomic mass is 16.4. The zero-order valence-corrected chi connectivity index (χ0v) is 11.3. The van der Waals surface area contributed by atoms with E-state index < -0.39 is 5.97 Å². The van der Waals surface area contributed by atoms with Crippen LogP contribution in [0.4, 0.5) is 5.69 Å². The van der Waals surface area contributed by atoms with Gasteiger partial charge in [-0.15, -0.1) is 5.10 Å². The molecule has 1 aromatic carbocycles. The van der Waals surface area contributed by atoms with Crippen LogP contribution in [0, 0.1) is 0 Å². The van der Waals surface area contributed by atoms with Gasteiger partial charge in [0.1, 0.15) is 5.69 Å². The Morgan fingerprint density at radius 1 is 1.45 bits per heavy atom. The van der Waals surface area contributed by atoms with Crippen LogP contribution in [0.25, 0.3) is 0 Å². The van der Waals surface area contributed by atoms with Crippen LogP contribution in [0.15, 0.2) is 24.4 Å². The summed E-state index contributed by atoms with van der Waals surface area (Å²) < 4.78 is 1.69. The molecule has 0 atom stereocenters. The van der Waals surface area contributed by atoms with Gasteiger partial charge in [-0.05, 0) is 36.6 Å². The summed E-state index contributed by atoms with van der Waals surface area (Å²) in [5, 5.41) is 17.1. The molecule has 20 heavy (non-hydrogen) atoms. The molecule has 0 spiro atoms. The molecule has 1 aliphatic rings. The smallest absolute Gasteiger partial charge is 0.335 e. The predicted molar refractivity (Wildman–Crippen MR) is 73.8 cm³/mol. The van der Waals surface area contributed by atoms with E-state index in [9.17, 15) is 4.79 Å². The van der Waals surface area contributed by atoms with Gasteiger partial charge in [-0.1, -0.05) is 5.21 Å². The van der Waals surface area contributed by atoms with Crippen molar-refractivity contribution < 1.29 is 9.90 Å². The minimum Gasteiger partial charge on any atom is -0.478 e. The lowest BCUT2D eigenvalue weighted by Gasteiger charge is -2.30. The van der Waals surface area contributed by atoms with Crippen molar-refractivity contribution in [2.75, 3.05) is 11.4 Å². The molecule has 0 fully saturated rings. The Labute approximate surface area is 116 Å². The first-order valence-electron chi connectivity index (χ1n) is 6.60. The average Bonchev–Trinajstić information content (AvgIpc) is 2.84. The molecular weight excluding hydrogens is 256 g/mol. The fourth-order valence-corrected chi connectivity index (χ4v) is 2.64. The number of carboxylic acids is 1. The Bertz CT molecular complexity index is 650. The maximum absolute atomic E-state index is 11.0. The molecule has 2 heterocycles. The molecule has 0 saturated heterocycles. The van der Waals surface area contributed by atoms with Crippen LogP contribution in [-0.4, -0.2) is 32.6 Å². The summed E-state index contributed by atoms with van der Waals surface area (Å²) in [6.07, 6.45) is 3.85. The number of nitrogens with zero attached hydrogens (tertiary/aromatic N) is 4. The van der Waals surface area contributed by atoms with Crippen molar-refractivity contribution in [1.29, 1.82) is 0 Å². The number of hydrogen-bond acceptors (Lipinski definition) is 4. The van der Waals surface area contributed by atoms with Gasteiger partial charge in [0.25, 0.3) is 0 Å². The Hall–Kier alpha value is -2.37. The molecular formula is C14H16N4O2. The molecule has 0 radical (unpaired) electrons. The summed E-state index contributed by atoms with van der Waals surface area (Å²) in [7, 11) is 1.85. The maximum atomic E-state index is 11.0. The Morgan fingerprint density at radius 2 is 2.30 bits per heavy atom. The topological polar surface area (TPSA) is 71.2 Å². The van der Waals surface area contributed by atoms with E-state index in [1.165, 1.54) is 0 Å². The summed E-state index contributed by atoms with van der Waals surface area (Å²) in [6.45, 7) is 1.66. The van der Waals surface area contributed by atoms with Crippen molar-refractivity contribution in [3.63, 3.8) is 0 Å². The van der Waals surface area contributed by atoms with Gasteiger partial charge < -0.3 is 10.0 Å². The molecule has 6 nitrogen and oxygen atoms in total. The zero-order chi connectivity index (χ0) is 14.1. The minimum absolute atomic E-state index is 0.352. The third-order valence-electron chi connectivity index (χ3n) is 3.54. The number of fused-ring (bicyclic) bond motifs is 1. The van der Waals surface area contributed by atoms with Crippen molar-refractivity contribution >= 4 is 11.7 Å². The van der Waals surface area contributed by atoms with E-state index >= 15 is 0 Å². The van der Waals surface area contributed by atoms with Crippen LogP contribution in [0.5, 0.6) is 0 Å². The lowest BCUT2D eigenvalue weighted by Crippen LogP contribution is -2.29. The van der Waals surface area contributed by atoms with Crippen molar-refractivity contribution in [1.82, 2.24) is 15.0 Å². The number of hydrogen-bond donors (Lipinski definition) is 1. The molecule has 0 aliphatic carbocycles. The molecule has 0 unspecified atom stereocenters. The molecule has 0 saturated carbocycles. The number of aryl methyl sites for hydroxylation is 2. The van der Waals surface area contributed by atoms with Gasteiger partial charge in [0.2, 0.25) is 0 Å². The van der Waals surface area contributed by atoms with Crippen molar-refractivity contribution in [3.05, 3.63) is 41.2 Å². The first-order chi connectivity index (χ1) is 9.63. The third-order valence-corrected chi connectivity index (χ3v) is 3.54. The molecule has 2 aromatic rings. The van der Waals surface area contributed by atoms with Crippen LogP contribution >= 0.6 is 0 Å². The van der Waals surface area contributed by atoms with E-state index in [4.69, 9.17) is 5.11 Å². The molecule has 0 amide bonds. The van der Waals surface area contributed by atoms with Crippen LogP contribution in [0.1, 0.15) is 28.0 Å². The van der Waals surface area contributed by atoms with Crippen molar-refractivity contribution in [3.8, 4) is 0 Å². The summed E-state index contributed by atoms with van der Waals surface area (Å²) in [4.78, 5) is 13.3. The summed E-state index contributed by atoms with van der Waals surface area (Å²) in [5.74, 6) is -0.876. The quantitative estimate of drug-likeness (QED) is 0.916. The third kappa shape index (κ3) is 2.36. The molecule has 1 N–H and O–H groups in total. The number of rotatable bonds is 3. The highest BCUT2D eigenvalue weighted by Gasteiger charge is 2.19. The number of anilines is 1. The first kappa shape index (κ1) is 12.7. The largest absolute Gasteiger partial charge is 0.478 e. The van der Waals surface area contributed by atoms with E-state index in [0.717, 1.165) is 36.3 Å². The number of benzene rings is 1. The second kappa shape index (κ2) is 4.96. The van der Waals surface area contributed by atoms with E-state index in [0.29, 0.717) is 12.1 Å². The second-order valence-electron chi connectivity index (χ2n) is 5.06. The standard InChI is InChI=1S/C14H16N4O2/c1-17-8-12(15-16-17)9-18-6-2-3-10-7-11(14(19)20)4-5-13(10)18/h4-5,7-8H,2-3,6,9H2,1H3,(H,19,20). The van der Waals surface area contributed by atoms with E-state index in [2.05, 4.69) is 15.2 Å². The highest BCUT2D eigenvalue weighted by Crippen LogP contribution is 2.29. The Balaban J connectivity index is 1.88. The van der Waals surface area contributed by atoms with Gasteiger partial charge in [-0.3, -0.25) is 4.68 Å². The van der Waals surface area contributed by atoms with Crippen LogP contribution < -0.4 is 4.90 Å². The predicted octanol–water partition coefficient (Wildman–Crippen LogP) is 1.47. The number of carboxylic acid groups (broad SMARTS) is 1. The highest BCUT2D eigenvalue weighted by molar-refractivity contribution is 5.88. The second-order valence-corrected chi connectivity index (χ2v) is 5.06. The van der Waals surface area contributed by atoms with Gasteiger partial charge in [0.15, 0.2) is 0 Å². The van der Waals surface area contributed by atoms with Gasteiger partial charge in [-0.2, -0.15) is 0 Å². The van der Waals surface area contributed by atoms with Crippen LogP contribution in [0.3, 0.4) is 0 Å². The summed E-state index contributed by atoms with van der Waals surface area (Å²) >= 11 is 0. The van der Waals surface area contributed by atoms with E-state index in [1.54, 1.807) is 16.8 Å². The van der Waals surface area contributed by atoms with Gasteiger partial charge in [0.05, 0.1) is 12.1 Å². The zero-order valence-electron chi connectivity index (χ0n) is 11.3. The van der Waals surface area contributed by atoms with Gasteiger partial charge >= 0.3 is 5.97 Å². The fraction of sp³-hybridized carbons (Fsp3) is 0.357. The molecule has 1 aromatic heterocycles. The normalized spacial score (nSPS) is 14.2. The first-order valence-corrected chi connectivity index (χ1v) is 6.60. The van der Waals surface area contributed by atoms with Crippen LogP contribution in [-0.2, 0) is 20.0 Å². The molecule has 3 rings (SSSR count). The molecule has 1 aliphatic heterocycles. The van der Waals surface area contributed by atoms with Crippen molar-refractivity contribution in [2.24, 2.45) is 7.05 Å². The summed E-state index contributed by atoms with van der Waals surface area (Å²) in [6, 6.07) is 5.34. The SMILES string of the molecule is Cn1cc(CN2CCCc3cc(C(=O)O)ccc32)nn1.